The highest BCUT2D eigenvalue weighted by atomic mass is 16.5. The Hall–Kier alpha value is -2.95. The van der Waals surface area contributed by atoms with Crippen molar-refractivity contribution in [2.24, 2.45) is 0 Å². The largest absolute Gasteiger partial charge is 0.362 e. The van der Waals surface area contributed by atoms with E-state index < -0.39 is 5.92 Å². The van der Waals surface area contributed by atoms with Crippen LogP contribution in [-0.4, -0.2) is 16.7 Å². The second-order valence-corrected chi connectivity index (χ2v) is 6.23. The summed E-state index contributed by atoms with van der Waals surface area (Å²) < 4.78 is 5.49. The van der Waals surface area contributed by atoms with Crippen LogP contribution in [0.15, 0.2) is 63.5 Å². The van der Waals surface area contributed by atoms with E-state index in [1.54, 1.807) is 6.07 Å². The van der Waals surface area contributed by atoms with Crippen molar-refractivity contribution in [1.29, 1.82) is 0 Å². The normalized spacial score (nSPS) is 15.4. The van der Waals surface area contributed by atoms with E-state index in [1.807, 2.05) is 44.2 Å². The highest BCUT2D eigenvalue weighted by molar-refractivity contribution is 6.03. The molecule has 0 amide bonds. The van der Waals surface area contributed by atoms with Gasteiger partial charge in [-0.1, -0.05) is 35.5 Å². The molecule has 0 unspecified atom stereocenters. The van der Waals surface area contributed by atoms with E-state index >= 15 is 0 Å². The first-order valence-electron chi connectivity index (χ1n) is 8.12. The molecule has 0 radical (unpaired) electrons. The van der Waals surface area contributed by atoms with E-state index in [-0.39, 0.29) is 11.6 Å². The van der Waals surface area contributed by atoms with Crippen LogP contribution in [0, 0.1) is 0 Å². The number of Topliss-reactive ketones (excluding diaryl/α,β-unsaturated/α-hetero) is 2. The third kappa shape index (κ3) is 3.05. The summed E-state index contributed by atoms with van der Waals surface area (Å²) in [6, 6.07) is 11.4. The number of nitrogens with one attached hydrogen (secondary N) is 1. The molecule has 1 aliphatic heterocycles. The molecule has 0 saturated carbocycles. The summed E-state index contributed by atoms with van der Waals surface area (Å²) in [7, 11) is 0. The molecule has 1 aliphatic rings. The van der Waals surface area contributed by atoms with Gasteiger partial charge in [0.1, 0.15) is 0 Å². The summed E-state index contributed by atoms with van der Waals surface area (Å²) in [5, 5.41) is 7.31. The van der Waals surface area contributed by atoms with E-state index in [0.29, 0.717) is 22.6 Å². The number of nitrogens with zero attached hydrogens (tertiary/aromatic N) is 1. The predicted molar refractivity (Wildman–Crippen MR) is 94.6 cm³/mol. The maximum Gasteiger partial charge on any atom is 0.167 e. The first-order chi connectivity index (χ1) is 11.9. The van der Waals surface area contributed by atoms with E-state index in [9.17, 15) is 9.59 Å². The van der Waals surface area contributed by atoms with Crippen LogP contribution in [-0.2, 0) is 9.59 Å². The van der Waals surface area contributed by atoms with Gasteiger partial charge < -0.3 is 9.84 Å². The van der Waals surface area contributed by atoms with Gasteiger partial charge in [0.25, 0.3) is 0 Å². The molecular weight excluding hydrogens is 316 g/mol. The van der Waals surface area contributed by atoms with Crippen LogP contribution in [0.3, 0.4) is 0 Å². The zero-order valence-corrected chi connectivity index (χ0v) is 14.7. The van der Waals surface area contributed by atoms with Gasteiger partial charge in [0.15, 0.2) is 17.3 Å². The van der Waals surface area contributed by atoms with Crippen LogP contribution >= 0.6 is 0 Å². The summed E-state index contributed by atoms with van der Waals surface area (Å²) >= 11 is 0. The molecule has 5 nitrogen and oxygen atoms in total. The Kier molecular flexibility index (Phi) is 4.40. The first-order valence-corrected chi connectivity index (χ1v) is 8.12. The van der Waals surface area contributed by atoms with Crippen molar-refractivity contribution in [3.05, 3.63) is 64.6 Å². The lowest BCUT2D eigenvalue weighted by molar-refractivity contribution is -0.114. The topological polar surface area (TPSA) is 72.2 Å². The van der Waals surface area contributed by atoms with Gasteiger partial charge in [0.05, 0.1) is 11.6 Å². The van der Waals surface area contributed by atoms with Crippen molar-refractivity contribution in [2.45, 2.75) is 33.6 Å². The molecule has 3 rings (SSSR count). The highest BCUT2D eigenvalue weighted by Gasteiger charge is 2.35. The Bertz CT molecular complexity index is 868. The van der Waals surface area contributed by atoms with E-state index in [1.165, 1.54) is 13.8 Å². The zero-order chi connectivity index (χ0) is 18.1. The monoisotopic (exact) mass is 336 g/mol. The van der Waals surface area contributed by atoms with E-state index in [0.717, 1.165) is 17.0 Å². The molecule has 0 fully saturated rings. The van der Waals surface area contributed by atoms with Crippen LogP contribution < -0.4 is 5.32 Å². The van der Waals surface area contributed by atoms with Gasteiger partial charge in [-0.15, -0.1) is 0 Å². The average Bonchev–Trinajstić information content (AvgIpc) is 3.03. The fraction of sp³-hybridized carbons (Fsp3) is 0.250. The lowest BCUT2D eigenvalue weighted by atomic mass is 9.80. The van der Waals surface area contributed by atoms with Crippen LogP contribution in [0.2, 0.25) is 0 Å². The molecule has 128 valence electrons. The van der Waals surface area contributed by atoms with Crippen LogP contribution in [0.1, 0.15) is 39.3 Å². The number of aromatic nitrogens is 1. The third-order valence-electron chi connectivity index (χ3n) is 4.40. The molecule has 0 spiro atoms. The minimum atomic E-state index is -0.516. The molecule has 1 aromatic carbocycles. The van der Waals surface area contributed by atoms with Gasteiger partial charge in [-0.3, -0.25) is 9.59 Å². The fourth-order valence-electron chi connectivity index (χ4n) is 3.39. The summed E-state index contributed by atoms with van der Waals surface area (Å²) in [5.41, 5.74) is 4.03. The molecule has 0 aliphatic carbocycles. The number of carbonyl (C=O) groups is 2. The number of benzene rings is 1. The highest BCUT2D eigenvalue weighted by Crippen LogP contribution is 2.39. The maximum atomic E-state index is 12.3. The molecule has 2 aromatic rings. The predicted octanol–water partition coefficient (Wildman–Crippen LogP) is 3.75. The quantitative estimate of drug-likeness (QED) is 0.920. The van der Waals surface area contributed by atoms with E-state index in [2.05, 4.69) is 10.5 Å². The maximum absolute atomic E-state index is 12.3. The zero-order valence-electron chi connectivity index (χ0n) is 14.7. The molecule has 25 heavy (non-hydrogen) atoms. The first kappa shape index (κ1) is 16.9. The van der Waals surface area contributed by atoms with Gasteiger partial charge in [-0.2, -0.15) is 0 Å². The molecule has 1 N–H and O–H groups in total. The molecular formula is C20H20N2O3. The average molecular weight is 336 g/mol. The SMILES string of the molecule is CC(=O)C1=C(C)NC(C)=C(C(C)=O)C1c1cc(-c2ccccc2)on1. The Morgan fingerprint density at radius 2 is 1.56 bits per heavy atom. The Morgan fingerprint density at radius 3 is 2.08 bits per heavy atom. The Labute approximate surface area is 146 Å². The van der Waals surface area contributed by atoms with Crippen LogP contribution in [0.5, 0.6) is 0 Å². The number of carbonyl (C=O) groups excluding carboxylic acids is 2. The molecule has 1 aromatic heterocycles. The summed E-state index contributed by atoms with van der Waals surface area (Å²) in [4.78, 5) is 24.5. The van der Waals surface area contributed by atoms with Crippen molar-refractivity contribution < 1.29 is 14.1 Å². The van der Waals surface area contributed by atoms with Gasteiger partial charge >= 0.3 is 0 Å². The van der Waals surface area contributed by atoms with Crippen molar-refractivity contribution in [2.75, 3.05) is 0 Å². The second kappa shape index (κ2) is 6.51. The molecule has 0 saturated heterocycles. The number of rotatable bonds is 4. The number of allylic oxidation sites excluding steroid dienone is 4. The van der Waals surface area contributed by atoms with Gasteiger partial charge in [-0.25, -0.2) is 0 Å². The molecule has 2 heterocycles. The number of dihydropyridines is 1. The fourth-order valence-corrected chi connectivity index (χ4v) is 3.39. The number of hydrogen-bond acceptors (Lipinski definition) is 5. The van der Waals surface area contributed by atoms with Crippen molar-refractivity contribution in [1.82, 2.24) is 10.5 Å². The molecule has 5 heteroatoms. The lowest BCUT2D eigenvalue weighted by Crippen LogP contribution is -2.29. The van der Waals surface area contributed by atoms with Crippen molar-refractivity contribution >= 4 is 11.6 Å². The molecule has 0 atom stereocenters. The number of ketones is 2. The smallest absolute Gasteiger partial charge is 0.167 e. The minimum absolute atomic E-state index is 0.0921. The third-order valence-corrected chi connectivity index (χ3v) is 4.40. The van der Waals surface area contributed by atoms with Crippen LogP contribution in [0.4, 0.5) is 0 Å². The lowest BCUT2D eigenvalue weighted by Gasteiger charge is -2.28. The summed E-state index contributed by atoms with van der Waals surface area (Å²) in [5.74, 6) is -0.0938. The Morgan fingerprint density at radius 1 is 1.00 bits per heavy atom. The number of hydrogen-bond donors (Lipinski definition) is 1. The van der Waals surface area contributed by atoms with Gasteiger partial charge in [0.2, 0.25) is 0 Å². The standard InChI is InChI=1S/C20H20N2O3/c1-11-18(13(3)23)20(19(14(4)24)12(2)21-11)16-10-17(25-22-16)15-8-6-5-7-9-15/h5-10,20-21H,1-4H3. The summed E-state index contributed by atoms with van der Waals surface area (Å²) in [6.07, 6.45) is 0. The summed E-state index contributed by atoms with van der Waals surface area (Å²) in [6.45, 7) is 6.68. The van der Waals surface area contributed by atoms with Gasteiger partial charge in [-0.05, 0) is 27.7 Å². The van der Waals surface area contributed by atoms with E-state index in [4.69, 9.17) is 4.52 Å². The van der Waals surface area contributed by atoms with Crippen LogP contribution in [0.25, 0.3) is 11.3 Å². The Balaban J connectivity index is 2.14. The van der Waals surface area contributed by atoms with Crippen molar-refractivity contribution in [3.8, 4) is 11.3 Å². The molecule has 0 bridgehead atoms. The van der Waals surface area contributed by atoms with Gasteiger partial charge in [0, 0.05) is 34.2 Å². The van der Waals surface area contributed by atoms with Crippen molar-refractivity contribution in [3.63, 3.8) is 0 Å². The second-order valence-electron chi connectivity index (χ2n) is 6.23. The minimum Gasteiger partial charge on any atom is -0.362 e.